The second-order valence-corrected chi connectivity index (χ2v) is 8.19. The molecule has 0 spiro atoms. The van der Waals surface area contributed by atoms with Crippen molar-refractivity contribution >= 4 is 35.0 Å². The van der Waals surface area contributed by atoms with Crippen molar-refractivity contribution < 1.29 is 13.6 Å². The molecule has 0 atom stereocenters. The molecule has 1 heterocycles. The van der Waals surface area contributed by atoms with Crippen LogP contribution in [-0.2, 0) is 11.2 Å². The third kappa shape index (κ3) is 5.33. The second kappa shape index (κ2) is 9.93. The quantitative estimate of drug-likeness (QED) is 0.361. The number of carbonyl (C=O) groups excluding carboxylic acids is 1. The fourth-order valence-corrected chi connectivity index (χ4v) is 3.99. The summed E-state index contributed by atoms with van der Waals surface area (Å²) in [5, 5.41) is 11.6. The highest BCUT2D eigenvalue weighted by Gasteiger charge is 2.17. The third-order valence-corrected chi connectivity index (χ3v) is 5.74. The van der Waals surface area contributed by atoms with Crippen LogP contribution in [0.3, 0.4) is 0 Å². The van der Waals surface area contributed by atoms with Gasteiger partial charge in [-0.1, -0.05) is 53.7 Å². The van der Waals surface area contributed by atoms with Gasteiger partial charge >= 0.3 is 0 Å². The van der Waals surface area contributed by atoms with Gasteiger partial charge in [0.25, 0.3) is 0 Å². The van der Waals surface area contributed by atoms with E-state index < -0.39 is 5.82 Å². The molecule has 9 heteroatoms. The van der Waals surface area contributed by atoms with Gasteiger partial charge in [-0.05, 0) is 48.0 Å². The van der Waals surface area contributed by atoms with E-state index in [4.69, 9.17) is 11.6 Å². The van der Waals surface area contributed by atoms with Crippen molar-refractivity contribution in [1.82, 2.24) is 14.8 Å². The van der Waals surface area contributed by atoms with Gasteiger partial charge in [0.15, 0.2) is 5.16 Å². The maximum Gasteiger partial charge on any atom is 0.234 e. The number of aromatic nitrogens is 3. The Morgan fingerprint density at radius 1 is 1.00 bits per heavy atom. The summed E-state index contributed by atoms with van der Waals surface area (Å²) in [4.78, 5) is 12.4. The van der Waals surface area contributed by atoms with Crippen molar-refractivity contribution in [3.05, 3.63) is 101 Å². The minimum absolute atomic E-state index is 0.0413. The second-order valence-electron chi connectivity index (χ2n) is 6.84. The fraction of sp³-hybridized carbons (Fsp3) is 0.0870. The number of hydrogen-bond donors (Lipinski definition) is 1. The molecule has 0 aliphatic carbocycles. The van der Waals surface area contributed by atoms with Crippen LogP contribution < -0.4 is 5.32 Å². The SMILES string of the molecule is O=C(CSc1nnc(Cc2ccccc2)n1-c1ccc(F)cc1)Nc1ccc(F)c(Cl)c1. The topological polar surface area (TPSA) is 59.8 Å². The Morgan fingerprint density at radius 3 is 2.47 bits per heavy atom. The van der Waals surface area contributed by atoms with Crippen LogP contribution in [0.5, 0.6) is 0 Å². The predicted molar refractivity (Wildman–Crippen MR) is 121 cm³/mol. The van der Waals surface area contributed by atoms with Crippen LogP contribution in [0.25, 0.3) is 5.69 Å². The molecule has 0 unspecified atom stereocenters. The van der Waals surface area contributed by atoms with E-state index in [1.165, 1.54) is 42.1 Å². The van der Waals surface area contributed by atoms with Crippen LogP contribution in [0.15, 0.2) is 78.0 Å². The number of carbonyl (C=O) groups is 1. The van der Waals surface area contributed by atoms with Crippen molar-refractivity contribution in [3.8, 4) is 5.69 Å². The summed E-state index contributed by atoms with van der Waals surface area (Å²) in [6.07, 6.45) is 0.520. The molecule has 162 valence electrons. The Labute approximate surface area is 192 Å². The van der Waals surface area contributed by atoms with E-state index in [1.807, 2.05) is 30.3 Å². The average molecular weight is 471 g/mol. The zero-order valence-electron chi connectivity index (χ0n) is 16.6. The summed E-state index contributed by atoms with van der Waals surface area (Å²) >= 11 is 6.95. The first kappa shape index (κ1) is 22.0. The Bertz CT molecular complexity index is 1230. The van der Waals surface area contributed by atoms with E-state index in [2.05, 4.69) is 15.5 Å². The molecule has 1 N–H and O–H groups in total. The largest absolute Gasteiger partial charge is 0.325 e. The fourth-order valence-electron chi connectivity index (χ4n) is 3.04. The van der Waals surface area contributed by atoms with Crippen LogP contribution in [0.4, 0.5) is 14.5 Å². The highest BCUT2D eigenvalue weighted by Crippen LogP contribution is 2.25. The van der Waals surface area contributed by atoms with E-state index in [0.29, 0.717) is 28.8 Å². The number of thioether (sulfide) groups is 1. The molecule has 4 rings (SSSR count). The van der Waals surface area contributed by atoms with Gasteiger partial charge in [-0.2, -0.15) is 0 Å². The van der Waals surface area contributed by atoms with Gasteiger partial charge < -0.3 is 5.32 Å². The molecule has 0 aliphatic heterocycles. The van der Waals surface area contributed by atoms with Crippen LogP contribution in [0.1, 0.15) is 11.4 Å². The Balaban J connectivity index is 1.54. The summed E-state index contributed by atoms with van der Waals surface area (Å²) in [5.74, 6) is -0.512. The first-order chi connectivity index (χ1) is 15.5. The predicted octanol–water partition coefficient (Wildman–Crippen LogP) is 5.52. The number of benzene rings is 3. The van der Waals surface area contributed by atoms with Gasteiger partial charge in [0.2, 0.25) is 5.91 Å². The molecule has 0 saturated heterocycles. The minimum atomic E-state index is -0.558. The van der Waals surface area contributed by atoms with Gasteiger partial charge in [-0.25, -0.2) is 8.78 Å². The summed E-state index contributed by atoms with van der Waals surface area (Å²) in [6.45, 7) is 0. The van der Waals surface area contributed by atoms with Gasteiger partial charge in [0.05, 0.1) is 10.8 Å². The van der Waals surface area contributed by atoms with Gasteiger partial charge in [-0.15, -0.1) is 10.2 Å². The molecule has 1 amide bonds. The number of anilines is 1. The molecule has 0 radical (unpaired) electrons. The smallest absolute Gasteiger partial charge is 0.234 e. The summed E-state index contributed by atoms with van der Waals surface area (Å²) in [6, 6.07) is 19.7. The van der Waals surface area contributed by atoms with Crippen molar-refractivity contribution in [3.63, 3.8) is 0 Å². The molecule has 1 aromatic heterocycles. The van der Waals surface area contributed by atoms with Crippen molar-refractivity contribution in [2.24, 2.45) is 0 Å². The molecule has 3 aromatic carbocycles. The van der Waals surface area contributed by atoms with E-state index in [9.17, 15) is 13.6 Å². The van der Waals surface area contributed by atoms with Crippen LogP contribution in [0.2, 0.25) is 5.02 Å². The average Bonchev–Trinajstić information content (AvgIpc) is 3.18. The van der Waals surface area contributed by atoms with E-state index >= 15 is 0 Å². The van der Waals surface area contributed by atoms with Gasteiger partial charge in [-0.3, -0.25) is 9.36 Å². The number of amides is 1. The molecular weight excluding hydrogens is 454 g/mol. The molecule has 4 aromatic rings. The number of nitrogens with one attached hydrogen (secondary N) is 1. The van der Waals surface area contributed by atoms with E-state index in [-0.39, 0.29) is 22.5 Å². The lowest BCUT2D eigenvalue weighted by Gasteiger charge is -2.11. The zero-order valence-corrected chi connectivity index (χ0v) is 18.2. The van der Waals surface area contributed by atoms with E-state index in [1.54, 1.807) is 16.7 Å². The standard InChI is InChI=1S/C23H17ClF2N4OS/c24-19-13-17(8-11-20(19)26)27-22(31)14-32-23-29-28-21(12-15-4-2-1-3-5-15)30(23)18-9-6-16(25)7-10-18/h1-11,13H,12,14H2,(H,27,31). The molecule has 32 heavy (non-hydrogen) atoms. The lowest BCUT2D eigenvalue weighted by Crippen LogP contribution is -2.14. The highest BCUT2D eigenvalue weighted by molar-refractivity contribution is 7.99. The highest BCUT2D eigenvalue weighted by atomic mass is 35.5. The van der Waals surface area contributed by atoms with Crippen LogP contribution >= 0.6 is 23.4 Å². The molecule has 0 fully saturated rings. The molecule has 0 aliphatic rings. The van der Waals surface area contributed by atoms with Crippen LogP contribution in [-0.4, -0.2) is 26.4 Å². The summed E-state index contributed by atoms with van der Waals surface area (Å²) < 4.78 is 28.6. The Morgan fingerprint density at radius 2 is 1.75 bits per heavy atom. The van der Waals surface area contributed by atoms with Gasteiger partial charge in [0.1, 0.15) is 17.5 Å². The zero-order chi connectivity index (χ0) is 22.5. The molecule has 0 bridgehead atoms. The normalized spacial score (nSPS) is 10.8. The number of rotatable bonds is 7. The lowest BCUT2D eigenvalue weighted by atomic mass is 10.1. The lowest BCUT2D eigenvalue weighted by molar-refractivity contribution is -0.113. The first-order valence-electron chi connectivity index (χ1n) is 9.61. The van der Waals surface area contributed by atoms with Crippen molar-refractivity contribution in [2.75, 3.05) is 11.1 Å². The van der Waals surface area contributed by atoms with Crippen molar-refractivity contribution in [1.29, 1.82) is 0 Å². The van der Waals surface area contributed by atoms with E-state index in [0.717, 1.165) is 5.56 Å². The summed E-state index contributed by atoms with van der Waals surface area (Å²) in [7, 11) is 0. The monoisotopic (exact) mass is 470 g/mol. The van der Waals surface area contributed by atoms with Crippen LogP contribution in [0, 0.1) is 11.6 Å². The van der Waals surface area contributed by atoms with Gasteiger partial charge in [0, 0.05) is 17.8 Å². The van der Waals surface area contributed by atoms with Crippen molar-refractivity contribution in [2.45, 2.75) is 11.6 Å². The number of halogens is 3. The molecule has 5 nitrogen and oxygen atoms in total. The first-order valence-corrected chi connectivity index (χ1v) is 11.0. The Hall–Kier alpha value is -3.23. The minimum Gasteiger partial charge on any atom is -0.325 e. The number of hydrogen-bond acceptors (Lipinski definition) is 4. The maximum atomic E-state index is 13.5. The summed E-state index contributed by atoms with van der Waals surface area (Å²) in [5.41, 5.74) is 2.13. The maximum absolute atomic E-state index is 13.5. The molecular formula is C23H17ClF2N4OS. The Kier molecular flexibility index (Phi) is 6.82. The third-order valence-electron chi connectivity index (χ3n) is 4.53. The number of nitrogens with zero attached hydrogens (tertiary/aromatic N) is 3. The molecule has 0 saturated carbocycles.